The molecular weight excluding hydrogens is 456 g/mol. The number of aromatic hydroxyl groups is 2. The molecule has 0 amide bonds. The minimum absolute atomic E-state index is 0.0869. The van der Waals surface area contributed by atoms with Gasteiger partial charge in [-0.3, -0.25) is 9.98 Å². The molecule has 4 rings (SSSR count). The summed E-state index contributed by atoms with van der Waals surface area (Å²) in [6, 6.07) is 8.48. The van der Waals surface area contributed by atoms with Gasteiger partial charge in [0.1, 0.15) is 11.5 Å². The number of aryl methyl sites for hydroxylation is 2. The standard InChI is InChI=1S/C33H46N2O2/c1-9-21-13-24(29(36)26(15-21)31(3,4)5)19-34-28-17-23-11-12-33(28,18-23)35-20-25-14-22(10-2)16-27(30(25)37)32(6,7)8/h13-16,19-20,23,28,36-37H,9-12,17-18H2,1-8H3. The molecule has 4 heteroatoms. The van der Waals surface area contributed by atoms with Gasteiger partial charge in [-0.2, -0.15) is 0 Å². The van der Waals surface area contributed by atoms with Crippen molar-refractivity contribution in [2.45, 2.75) is 116 Å². The predicted octanol–water partition coefficient (Wildman–Crippen LogP) is 7.67. The highest BCUT2D eigenvalue weighted by atomic mass is 16.3. The molecule has 200 valence electrons. The molecule has 3 atom stereocenters. The van der Waals surface area contributed by atoms with E-state index in [4.69, 9.17) is 9.98 Å². The van der Waals surface area contributed by atoms with Crippen molar-refractivity contribution in [2.24, 2.45) is 15.9 Å². The number of aliphatic imine (C=N–C) groups is 2. The van der Waals surface area contributed by atoms with E-state index in [1.54, 1.807) is 0 Å². The summed E-state index contributed by atoms with van der Waals surface area (Å²) in [5.41, 5.74) is 5.45. The zero-order chi connectivity index (χ0) is 27.2. The number of phenols is 2. The Labute approximate surface area is 224 Å². The van der Waals surface area contributed by atoms with E-state index < -0.39 is 0 Å². The fraction of sp³-hybridized carbons (Fsp3) is 0.576. The predicted molar refractivity (Wildman–Crippen MR) is 156 cm³/mol. The molecule has 0 radical (unpaired) electrons. The van der Waals surface area contributed by atoms with E-state index in [0.29, 0.717) is 17.4 Å². The first-order chi connectivity index (χ1) is 17.3. The molecule has 0 aromatic heterocycles. The zero-order valence-corrected chi connectivity index (χ0v) is 24.2. The van der Waals surface area contributed by atoms with E-state index in [9.17, 15) is 10.2 Å². The van der Waals surface area contributed by atoms with Gasteiger partial charge in [-0.15, -0.1) is 0 Å². The molecule has 2 bridgehead atoms. The Kier molecular flexibility index (Phi) is 7.35. The second-order valence-corrected chi connectivity index (χ2v) is 13.4. The molecule has 2 aliphatic rings. The number of rotatable bonds is 6. The average Bonchev–Trinajstić information content (AvgIpc) is 3.39. The van der Waals surface area contributed by atoms with Crippen LogP contribution in [0, 0.1) is 5.92 Å². The van der Waals surface area contributed by atoms with Crippen LogP contribution in [0.2, 0.25) is 0 Å². The third-order valence-corrected chi connectivity index (χ3v) is 8.49. The molecule has 2 aromatic carbocycles. The van der Waals surface area contributed by atoms with E-state index in [1.807, 2.05) is 12.4 Å². The normalized spacial score (nSPS) is 24.1. The first kappa shape index (κ1) is 27.4. The number of phenolic OH excluding ortho intramolecular Hbond substituents is 2. The van der Waals surface area contributed by atoms with Crippen molar-refractivity contribution in [3.05, 3.63) is 57.6 Å². The summed E-state index contributed by atoms with van der Waals surface area (Å²) in [5.74, 6) is 1.32. The van der Waals surface area contributed by atoms with E-state index in [2.05, 4.69) is 79.7 Å². The van der Waals surface area contributed by atoms with Crippen LogP contribution >= 0.6 is 0 Å². The Hall–Kier alpha value is -2.62. The SMILES string of the molecule is CCc1cc(C=NC2CC3CCC2(N=Cc2cc(CC)cc(C(C)(C)C)c2O)C3)c(O)c(C(C)(C)C)c1. The van der Waals surface area contributed by atoms with Crippen LogP contribution in [-0.2, 0) is 23.7 Å². The van der Waals surface area contributed by atoms with Gasteiger partial charge in [0.25, 0.3) is 0 Å². The van der Waals surface area contributed by atoms with Gasteiger partial charge in [0.15, 0.2) is 0 Å². The quantitative estimate of drug-likeness (QED) is 0.398. The molecule has 0 spiro atoms. The van der Waals surface area contributed by atoms with Crippen molar-refractivity contribution in [2.75, 3.05) is 0 Å². The topological polar surface area (TPSA) is 65.2 Å². The number of fused-ring (bicyclic) bond motifs is 2. The molecule has 0 saturated heterocycles. The Morgan fingerprint density at radius 3 is 1.81 bits per heavy atom. The van der Waals surface area contributed by atoms with E-state index in [1.165, 1.54) is 17.5 Å². The van der Waals surface area contributed by atoms with Crippen LogP contribution in [0.15, 0.2) is 34.3 Å². The smallest absolute Gasteiger partial charge is 0.128 e. The third-order valence-electron chi connectivity index (χ3n) is 8.49. The molecular formula is C33H46N2O2. The second kappa shape index (κ2) is 9.93. The highest BCUT2D eigenvalue weighted by Gasteiger charge is 2.52. The number of nitrogens with zero attached hydrogens (tertiary/aromatic N) is 2. The fourth-order valence-electron chi connectivity index (χ4n) is 6.15. The summed E-state index contributed by atoms with van der Waals surface area (Å²) < 4.78 is 0. The van der Waals surface area contributed by atoms with E-state index in [-0.39, 0.29) is 22.4 Å². The van der Waals surface area contributed by atoms with Gasteiger partial charge in [0, 0.05) is 34.7 Å². The fourth-order valence-corrected chi connectivity index (χ4v) is 6.15. The van der Waals surface area contributed by atoms with Gasteiger partial charge in [0.2, 0.25) is 0 Å². The molecule has 2 fully saturated rings. The van der Waals surface area contributed by atoms with Crippen molar-refractivity contribution in [1.82, 2.24) is 0 Å². The molecule has 2 aromatic rings. The molecule has 2 saturated carbocycles. The molecule has 0 heterocycles. The molecule has 37 heavy (non-hydrogen) atoms. The second-order valence-electron chi connectivity index (χ2n) is 13.4. The first-order valence-corrected chi connectivity index (χ1v) is 14.1. The van der Waals surface area contributed by atoms with Gasteiger partial charge in [-0.1, -0.05) is 67.5 Å². The van der Waals surface area contributed by atoms with Crippen molar-refractivity contribution in [3.8, 4) is 11.5 Å². The third kappa shape index (κ3) is 5.49. The Morgan fingerprint density at radius 1 is 0.838 bits per heavy atom. The number of benzene rings is 2. The molecule has 0 aliphatic heterocycles. The Bertz CT molecular complexity index is 1210. The van der Waals surface area contributed by atoms with Gasteiger partial charge in [-0.05, 0) is 78.5 Å². The summed E-state index contributed by atoms with van der Waals surface area (Å²) in [6.07, 6.45) is 9.91. The minimum Gasteiger partial charge on any atom is -0.507 e. The minimum atomic E-state index is -0.234. The summed E-state index contributed by atoms with van der Waals surface area (Å²) in [7, 11) is 0. The number of hydrogen-bond donors (Lipinski definition) is 2. The lowest BCUT2D eigenvalue weighted by Crippen LogP contribution is -2.34. The van der Waals surface area contributed by atoms with E-state index >= 15 is 0 Å². The highest BCUT2D eigenvalue weighted by molar-refractivity contribution is 5.86. The largest absolute Gasteiger partial charge is 0.507 e. The first-order valence-electron chi connectivity index (χ1n) is 14.1. The Balaban J connectivity index is 1.68. The van der Waals surface area contributed by atoms with E-state index in [0.717, 1.165) is 54.4 Å². The summed E-state index contributed by atoms with van der Waals surface area (Å²) in [6.45, 7) is 17.1. The van der Waals surface area contributed by atoms with Crippen LogP contribution in [0.25, 0.3) is 0 Å². The van der Waals surface area contributed by atoms with Crippen molar-refractivity contribution >= 4 is 12.4 Å². The molecule has 2 aliphatic carbocycles. The lowest BCUT2D eigenvalue weighted by Gasteiger charge is -2.29. The van der Waals surface area contributed by atoms with Crippen molar-refractivity contribution in [1.29, 1.82) is 0 Å². The van der Waals surface area contributed by atoms with Crippen molar-refractivity contribution < 1.29 is 10.2 Å². The summed E-state index contributed by atoms with van der Waals surface area (Å²) >= 11 is 0. The monoisotopic (exact) mass is 502 g/mol. The molecule has 3 unspecified atom stereocenters. The zero-order valence-electron chi connectivity index (χ0n) is 24.2. The van der Waals surface area contributed by atoms with Crippen LogP contribution in [0.4, 0.5) is 0 Å². The molecule has 2 N–H and O–H groups in total. The summed E-state index contributed by atoms with van der Waals surface area (Å²) in [4.78, 5) is 10.3. The van der Waals surface area contributed by atoms with Gasteiger partial charge < -0.3 is 10.2 Å². The van der Waals surface area contributed by atoms with Crippen LogP contribution in [0.5, 0.6) is 11.5 Å². The van der Waals surface area contributed by atoms with Crippen LogP contribution in [0.1, 0.15) is 114 Å². The lowest BCUT2D eigenvalue weighted by atomic mass is 9.83. The molecule has 4 nitrogen and oxygen atoms in total. The summed E-state index contributed by atoms with van der Waals surface area (Å²) in [5, 5.41) is 22.2. The average molecular weight is 503 g/mol. The maximum absolute atomic E-state index is 11.1. The van der Waals surface area contributed by atoms with Crippen LogP contribution < -0.4 is 0 Å². The van der Waals surface area contributed by atoms with Crippen molar-refractivity contribution in [3.63, 3.8) is 0 Å². The van der Waals surface area contributed by atoms with Gasteiger partial charge >= 0.3 is 0 Å². The highest BCUT2D eigenvalue weighted by Crippen LogP contribution is 2.52. The Morgan fingerprint density at radius 2 is 1.35 bits per heavy atom. The maximum Gasteiger partial charge on any atom is 0.128 e. The van der Waals surface area contributed by atoms with Gasteiger partial charge in [0.05, 0.1) is 11.6 Å². The van der Waals surface area contributed by atoms with Gasteiger partial charge in [-0.25, -0.2) is 0 Å². The maximum atomic E-state index is 11.1. The number of hydrogen-bond acceptors (Lipinski definition) is 4. The lowest BCUT2D eigenvalue weighted by molar-refractivity contribution is 0.367. The van der Waals surface area contributed by atoms with Crippen LogP contribution in [-0.4, -0.2) is 34.2 Å². The van der Waals surface area contributed by atoms with Crippen LogP contribution in [0.3, 0.4) is 0 Å².